The monoisotopic (exact) mass is 436 g/mol. The Morgan fingerprint density at radius 1 is 0.903 bits per heavy atom. The molecule has 1 aliphatic carbocycles. The minimum Gasteiger partial charge on any atom is -0.353 e. The van der Waals surface area contributed by atoms with Crippen LogP contribution in [0.4, 0.5) is 0 Å². The number of carbonyl (C=O) groups is 2. The normalized spacial score (nSPS) is 26.5. The molecular weight excluding hydrogens is 388 g/mol. The molecule has 4 atom stereocenters. The van der Waals surface area contributed by atoms with E-state index in [1.54, 1.807) is 0 Å². The van der Waals surface area contributed by atoms with Gasteiger partial charge in [0.1, 0.15) is 11.6 Å². The zero-order chi connectivity index (χ0) is 22.3. The summed E-state index contributed by atoms with van der Waals surface area (Å²) in [5, 5.41) is 0. The first-order valence-corrected chi connectivity index (χ1v) is 13.5. The van der Waals surface area contributed by atoms with Gasteiger partial charge >= 0.3 is 0 Å². The first-order valence-electron chi connectivity index (χ1n) is 13.5. The van der Waals surface area contributed by atoms with Crippen LogP contribution in [0.5, 0.6) is 0 Å². The lowest BCUT2D eigenvalue weighted by Gasteiger charge is -2.30. The summed E-state index contributed by atoms with van der Waals surface area (Å²) in [6, 6.07) is 0. The average molecular weight is 437 g/mol. The van der Waals surface area contributed by atoms with E-state index < -0.39 is 0 Å². The van der Waals surface area contributed by atoms with E-state index in [-0.39, 0.29) is 24.2 Å². The number of rotatable bonds is 17. The van der Waals surface area contributed by atoms with E-state index >= 15 is 0 Å². The fourth-order valence-electron chi connectivity index (χ4n) is 5.27. The average Bonchev–Trinajstić information content (AvgIpc) is 3.06. The largest absolute Gasteiger partial charge is 0.353 e. The van der Waals surface area contributed by atoms with Gasteiger partial charge < -0.3 is 9.47 Å². The van der Waals surface area contributed by atoms with Gasteiger partial charge in [-0.1, -0.05) is 71.6 Å². The summed E-state index contributed by atoms with van der Waals surface area (Å²) in [6.07, 6.45) is 18.5. The Kier molecular flexibility index (Phi) is 13.7. The Morgan fingerprint density at radius 3 is 2.29 bits per heavy atom. The standard InChI is InChI=1S/C27H48O4/c1-3-5-7-9-11-15-22(28)18-19-24-23(16-12-10-8-6-4-2)25(29)21-26(24)31-27-17-13-14-20-30-27/h23-24,26-27H,3-21H2,1-2H3/t23-,24-,26-,27?/m1/s1. The van der Waals surface area contributed by atoms with Gasteiger partial charge in [0, 0.05) is 31.8 Å². The van der Waals surface area contributed by atoms with Gasteiger partial charge in [0.25, 0.3) is 0 Å². The summed E-state index contributed by atoms with van der Waals surface area (Å²) in [4.78, 5) is 25.4. The van der Waals surface area contributed by atoms with Crippen molar-refractivity contribution in [2.45, 2.75) is 142 Å². The Labute approximate surface area is 191 Å². The van der Waals surface area contributed by atoms with Gasteiger partial charge in [0.15, 0.2) is 6.29 Å². The highest BCUT2D eigenvalue weighted by Crippen LogP contribution is 2.39. The van der Waals surface area contributed by atoms with Crippen LogP contribution < -0.4 is 0 Å². The SMILES string of the molecule is CCCCCCCC(=O)CC[C@H]1[C@H](OC2CCCCO2)CC(=O)[C@@H]1CCCCCCC. The molecule has 2 rings (SSSR count). The maximum Gasteiger partial charge on any atom is 0.157 e. The van der Waals surface area contributed by atoms with Crippen molar-refractivity contribution < 1.29 is 19.1 Å². The first-order chi connectivity index (χ1) is 15.2. The predicted octanol–water partition coefficient (Wildman–Crippen LogP) is 7.17. The fraction of sp³-hybridized carbons (Fsp3) is 0.926. The smallest absolute Gasteiger partial charge is 0.157 e. The van der Waals surface area contributed by atoms with Crippen molar-refractivity contribution in [2.75, 3.05) is 6.61 Å². The summed E-state index contributed by atoms with van der Waals surface area (Å²) >= 11 is 0. The highest BCUT2D eigenvalue weighted by atomic mass is 16.7. The Hall–Kier alpha value is -0.740. The zero-order valence-electron chi connectivity index (χ0n) is 20.4. The molecule has 0 radical (unpaired) electrons. The van der Waals surface area contributed by atoms with E-state index in [4.69, 9.17) is 9.47 Å². The van der Waals surface area contributed by atoms with Gasteiger partial charge in [-0.3, -0.25) is 9.59 Å². The van der Waals surface area contributed by atoms with E-state index in [1.807, 2.05) is 0 Å². The van der Waals surface area contributed by atoms with Crippen molar-refractivity contribution in [3.63, 3.8) is 0 Å². The number of hydrogen-bond acceptors (Lipinski definition) is 4. The van der Waals surface area contributed by atoms with Crippen LogP contribution >= 0.6 is 0 Å². The van der Waals surface area contributed by atoms with Crippen LogP contribution in [0.1, 0.15) is 129 Å². The topological polar surface area (TPSA) is 52.6 Å². The third kappa shape index (κ3) is 10.2. The van der Waals surface area contributed by atoms with Gasteiger partial charge in [-0.05, 0) is 44.4 Å². The maximum absolute atomic E-state index is 12.9. The molecule has 0 spiro atoms. The molecule has 1 unspecified atom stereocenters. The first kappa shape index (κ1) is 26.5. The van der Waals surface area contributed by atoms with E-state index in [9.17, 15) is 9.59 Å². The molecule has 0 N–H and O–H groups in total. The fourth-order valence-corrected chi connectivity index (χ4v) is 5.27. The van der Waals surface area contributed by atoms with Gasteiger partial charge in [0.05, 0.1) is 6.10 Å². The highest BCUT2D eigenvalue weighted by Gasteiger charge is 2.43. The van der Waals surface area contributed by atoms with Crippen LogP contribution in [-0.2, 0) is 19.1 Å². The molecule has 31 heavy (non-hydrogen) atoms. The molecule has 0 aromatic rings. The zero-order valence-corrected chi connectivity index (χ0v) is 20.4. The molecule has 1 aliphatic heterocycles. The van der Waals surface area contributed by atoms with E-state index in [0.717, 1.165) is 58.0 Å². The summed E-state index contributed by atoms with van der Waals surface area (Å²) < 4.78 is 12.1. The highest BCUT2D eigenvalue weighted by molar-refractivity contribution is 5.84. The molecule has 4 nitrogen and oxygen atoms in total. The van der Waals surface area contributed by atoms with Crippen LogP contribution in [0.3, 0.4) is 0 Å². The second kappa shape index (κ2) is 16.0. The molecular formula is C27H48O4. The molecule has 2 aliphatic rings. The molecule has 0 aromatic carbocycles. The Bertz CT molecular complexity index is 497. The van der Waals surface area contributed by atoms with Crippen molar-refractivity contribution in [2.24, 2.45) is 11.8 Å². The van der Waals surface area contributed by atoms with Crippen LogP contribution in [0.15, 0.2) is 0 Å². The maximum atomic E-state index is 12.9. The van der Waals surface area contributed by atoms with Crippen LogP contribution in [0.25, 0.3) is 0 Å². The lowest BCUT2D eigenvalue weighted by molar-refractivity contribution is -0.196. The predicted molar refractivity (Wildman–Crippen MR) is 126 cm³/mol. The number of Topliss-reactive ketones (excluding diaryl/α,β-unsaturated/α-hetero) is 2. The Morgan fingerprint density at radius 2 is 1.61 bits per heavy atom. The third-order valence-electron chi connectivity index (χ3n) is 7.21. The second-order valence-corrected chi connectivity index (χ2v) is 9.86. The molecule has 0 amide bonds. The van der Waals surface area contributed by atoms with Crippen molar-refractivity contribution in [3.8, 4) is 0 Å². The molecule has 1 saturated heterocycles. The summed E-state index contributed by atoms with van der Waals surface area (Å²) in [5.74, 6) is 0.985. The van der Waals surface area contributed by atoms with Gasteiger partial charge in [0.2, 0.25) is 0 Å². The number of unbranched alkanes of at least 4 members (excludes halogenated alkanes) is 8. The van der Waals surface area contributed by atoms with E-state index in [1.165, 1.54) is 44.9 Å². The summed E-state index contributed by atoms with van der Waals surface area (Å²) in [5.41, 5.74) is 0. The quantitative estimate of drug-likeness (QED) is 0.227. The molecule has 0 aromatic heterocycles. The van der Waals surface area contributed by atoms with E-state index in [2.05, 4.69) is 13.8 Å². The van der Waals surface area contributed by atoms with Gasteiger partial charge in [-0.2, -0.15) is 0 Å². The van der Waals surface area contributed by atoms with Crippen molar-refractivity contribution in [1.82, 2.24) is 0 Å². The lowest BCUT2D eigenvalue weighted by Crippen LogP contribution is -2.31. The Balaban J connectivity index is 1.84. The molecule has 180 valence electrons. The number of ether oxygens (including phenoxy) is 2. The third-order valence-corrected chi connectivity index (χ3v) is 7.21. The van der Waals surface area contributed by atoms with Crippen LogP contribution in [0, 0.1) is 11.8 Å². The molecule has 2 fully saturated rings. The minimum absolute atomic E-state index is 0.0615. The van der Waals surface area contributed by atoms with Crippen molar-refractivity contribution >= 4 is 11.6 Å². The van der Waals surface area contributed by atoms with Gasteiger partial charge in [-0.25, -0.2) is 0 Å². The second-order valence-electron chi connectivity index (χ2n) is 9.86. The number of hydrogen-bond donors (Lipinski definition) is 0. The molecule has 1 heterocycles. The molecule has 0 bridgehead atoms. The lowest BCUT2D eigenvalue weighted by atomic mass is 9.85. The van der Waals surface area contributed by atoms with Gasteiger partial charge in [-0.15, -0.1) is 0 Å². The van der Waals surface area contributed by atoms with Crippen LogP contribution in [-0.4, -0.2) is 30.6 Å². The molecule has 4 heteroatoms. The summed E-state index contributed by atoms with van der Waals surface area (Å²) in [6.45, 7) is 5.20. The van der Waals surface area contributed by atoms with Crippen molar-refractivity contribution in [1.29, 1.82) is 0 Å². The molecule has 1 saturated carbocycles. The van der Waals surface area contributed by atoms with Crippen molar-refractivity contribution in [3.05, 3.63) is 0 Å². The number of ketones is 2. The van der Waals surface area contributed by atoms with E-state index in [0.29, 0.717) is 30.8 Å². The summed E-state index contributed by atoms with van der Waals surface area (Å²) in [7, 11) is 0. The minimum atomic E-state index is -0.161. The number of carbonyl (C=O) groups excluding carboxylic acids is 2. The van der Waals surface area contributed by atoms with Crippen LogP contribution in [0.2, 0.25) is 0 Å².